The Morgan fingerprint density at radius 2 is 2.00 bits per heavy atom. The van der Waals surface area contributed by atoms with Crippen molar-refractivity contribution in [2.75, 3.05) is 20.2 Å². The zero-order chi connectivity index (χ0) is 14.3. The van der Waals surface area contributed by atoms with Gasteiger partial charge in [-0.3, -0.25) is 0 Å². The molecule has 0 aromatic carbocycles. The molecule has 5 atom stereocenters. The average Bonchev–Trinajstić information content (AvgIpc) is 2.32. The van der Waals surface area contributed by atoms with Crippen molar-refractivity contribution >= 4 is 0 Å². The zero-order valence-corrected chi connectivity index (χ0v) is 13.7. The second-order valence-corrected chi connectivity index (χ2v) is 7.59. The highest BCUT2D eigenvalue weighted by Gasteiger charge is 2.59. The molecule has 0 amide bonds. The van der Waals surface area contributed by atoms with Crippen molar-refractivity contribution in [3.05, 3.63) is 0 Å². The predicted molar refractivity (Wildman–Crippen MR) is 82.9 cm³/mol. The second kappa shape index (κ2) is 5.58. The van der Waals surface area contributed by atoms with Crippen LogP contribution < -0.4 is 5.32 Å². The summed E-state index contributed by atoms with van der Waals surface area (Å²) >= 11 is 0. The molecular formula is C17H32N2O. The zero-order valence-electron chi connectivity index (χ0n) is 13.7. The van der Waals surface area contributed by atoms with Gasteiger partial charge in [-0.2, -0.15) is 0 Å². The van der Waals surface area contributed by atoms with Gasteiger partial charge in [-0.05, 0) is 52.5 Å². The van der Waals surface area contributed by atoms with Crippen molar-refractivity contribution in [1.29, 1.82) is 0 Å². The van der Waals surface area contributed by atoms with E-state index >= 15 is 0 Å². The summed E-state index contributed by atoms with van der Waals surface area (Å²) in [6.45, 7) is 9.01. The van der Waals surface area contributed by atoms with Crippen LogP contribution in [0.3, 0.4) is 0 Å². The molecule has 3 rings (SSSR count). The maximum atomic E-state index is 5.97. The fourth-order valence-corrected chi connectivity index (χ4v) is 4.70. The highest BCUT2D eigenvalue weighted by Crippen LogP contribution is 2.57. The van der Waals surface area contributed by atoms with E-state index in [2.05, 4.69) is 38.0 Å². The number of piperidine rings is 1. The molecule has 0 unspecified atom stereocenters. The van der Waals surface area contributed by atoms with Crippen LogP contribution in [0.4, 0.5) is 0 Å². The molecule has 1 heterocycles. The van der Waals surface area contributed by atoms with Gasteiger partial charge in [0, 0.05) is 36.7 Å². The molecule has 0 aromatic heterocycles. The largest absolute Gasteiger partial charge is 0.378 e. The average molecular weight is 280 g/mol. The van der Waals surface area contributed by atoms with Crippen LogP contribution in [0.15, 0.2) is 0 Å². The van der Waals surface area contributed by atoms with E-state index < -0.39 is 0 Å². The van der Waals surface area contributed by atoms with E-state index in [1.54, 1.807) is 0 Å². The molecule has 1 N–H and O–H groups in total. The Bertz CT molecular complexity index is 342. The molecule has 2 saturated carbocycles. The van der Waals surface area contributed by atoms with Gasteiger partial charge in [0.1, 0.15) is 0 Å². The van der Waals surface area contributed by atoms with Crippen molar-refractivity contribution < 1.29 is 4.74 Å². The van der Waals surface area contributed by atoms with Crippen LogP contribution in [0.5, 0.6) is 0 Å². The van der Waals surface area contributed by atoms with Gasteiger partial charge in [-0.15, -0.1) is 0 Å². The molecule has 0 bridgehead atoms. The van der Waals surface area contributed by atoms with Gasteiger partial charge in [0.15, 0.2) is 0 Å². The van der Waals surface area contributed by atoms with E-state index in [1.807, 2.05) is 0 Å². The third-order valence-corrected chi connectivity index (χ3v) is 6.46. The number of nitrogens with zero attached hydrogens (tertiary/aromatic N) is 1. The van der Waals surface area contributed by atoms with E-state index in [4.69, 9.17) is 4.74 Å². The minimum atomic E-state index is 0.502. The van der Waals surface area contributed by atoms with E-state index in [0.717, 1.165) is 18.6 Å². The first-order valence-electron chi connectivity index (χ1n) is 8.64. The first kappa shape index (κ1) is 14.8. The normalized spacial score (nSPS) is 44.1. The van der Waals surface area contributed by atoms with Crippen molar-refractivity contribution in [2.24, 2.45) is 11.3 Å². The highest BCUT2D eigenvalue weighted by molar-refractivity contribution is 5.13. The lowest BCUT2D eigenvalue weighted by atomic mass is 9.50. The molecule has 3 heteroatoms. The number of rotatable bonds is 4. The fraction of sp³-hybridized carbons (Fsp3) is 1.00. The van der Waals surface area contributed by atoms with E-state index in [0.29, 0.717) is 23.6 Å². The van der Waals surface area contributed by atoms with Crippen LogP contribution in [0.2, 0.25) is 0 Å². The monoisotopic (exact) mass is 280 g/mol. The van der Waals surface area contributed by atoms with E-state index in [-0.39, 0.29) is 0 Å². The molecule has 2 aliphatic carbocycles. The Morgan fingerprint density at radius 1 is 1.25 bits per heavy atom. The summed E-state index contributed by atoms with van der Waals surface area (Å²) in [6, 6.07) is 2.13. The highest BCUT2D eigenvalue weighted by atomic mass is 16.5. The summed E-state index contributed by atoms with van der Waals surface area (Å²) in [5.41, 5.74) is 0.502. The lowest BCUT2D eigenvalue weighted by Gasteiger charge is -2.62. The Labute approximate surface area is 124 Å². The quantitative estimate of drug-likeness (QED) is 0.857. The van der Waals surface area contributed by atoms with Crippen molar-refractivity contribution in [3.63, 3.8) is 0 Å². The number of hydrogen-bond donors (Lipinski definition) is 1. The standard InChI is InChI=1S/C17H32N2O/c1-5-20-16-10-15(17(16)7-6-8-17)18-14-9-13(3)19(4)11-12(14)2/h12-16,18H,5-11H2,1-4H3/t12-,13-,14+,15-,16+/m0/s1. The Balaban J connectivity index is 1.58. The molecular weight excluding hydrogens is 248 g/mol. The third kappa shape index (κ3) is 2.32. The van der Waals surface area contributed by atoms with Crippen LogP contribution >= 0.6 is 0 Å². The molecule has 1 saturated heterocycles. The molecule has 1 aliphatic heterocycles. The summed E-state index contributed by atoms with van der Waals surface area (Å²) in [5, 5.41) is 4.03. The van der Waals surface area contributed by atoms with E-state index in [1.165, 1.54) is 38.6 Å². The van der Waals surface area contributed by atoms with Gasteiger partial charge in [-0.25, -0.2) is 0 Å². The van der Waals surface area contributed by atoms with Gasteiger partial charge in [0.2, 0.25) is 0 Å². The van der Waals surface area contributed by atoms with Crippen molar-refractivity contribution in [3.8, 4) is 0 Å². The SMILES string of the molecule is CCO[C@@H]1C[C@H](N[C@@H]2C[C@H](C)N(C)C[C@@H]2C)C12CCC2. The first-order chi connectivity index (χ1) is 9.56. The van der Waals surface area contributed by atoms with Crippen molar-refractivity contribution in [2.45, 2.75) is 77.1 Å². The fourth-order valence-electron chi connectivity index (χ4n) is 4.70. The van der Waals surface area contributed by atoms with Crippen LogP contribution in [0.25, 0.3) is 0 Å². The van der Waals surface area contributed by atoms with Crippen LogP contribution in [0, 0.1) is 11.3 Å². The van der Waals surface area contributed by atoms with Gasteiger partial charge in [0.05, 0.1) is 6.10 Å². The Morgan fingerprint density at radius 3 is 2.60 bits per heavy atom. The summed E-state index contributed by atoms with van der Waals surface area (Å²) in [6.07, 6.45) is 7.24. The van der Waals surface area contributed by atoms with E-state index in [9.17, 15) is 0 Å². The molecule has 3 aliphatic rings. The lowest BCUT2D eigenvalue weighted by molar-refractivity contribution is -0.176. The maximum Gasteiger partial charge on any atom is 0.0661 e. The lowest BCUT2D eigenvalue weighted by Crippen LogP contribution is -2.69. The molecule has 0 aromatic rings. The smallest absolute Gasteiger partial charge is 0.0661 e. The number of nitrogens with one attached hydrogen (secondary N) is 1. The van der Waals surface area contributed by atoms with Gasteiger partial charge in [0.25, 0.3) is 0 Å². The minimum absolute atomic E-state index is 0.502. The Hall–Kier alpha value is -0.120. The third-order valence-electron chi connectivity index (χ3n) is 6.46. The summed E-state index contributed by atoms with van der Waals surface area (Å²) < 4.78 is 5.97. The van der Waals surface area contributed by atoms with Gasteiger partial charge in [-0.1, -0.05) is 13.3 Å². The Kier molecular flexibility index (Phi) is 4.13. The van der Waals surface area contributed by atoms with Crippen LogP contribution in [-0.4, -0.2) is 49.3 Å². The summed E-state index contributed by atoms with van der Waals surface area (Å²) in [4.78, 5) is 2.51. The number of likely N-dealkylation sites (tertiary alicyclic amines) is 1. The van der Waals surface area contributed by atoms with Gasteiger partial charge >= 0.3 is 0 Å². The molecule has 20 heavy (non-hydrogen) atoms. The van der Waals surface area contributed by atoms with Crippen LogP contribution in [-0.2, 0) is 4.74 Å². The number of ether oxygens (including phenoxy) is 1. The minimum Gasteiger partial charge on any atom is -0.378 e. The first-order valence-corrected chi connectivity index (χ1v) is 8.64. The second-order valence-electron chi connectivity index (χ2n) is 7.59. The summed E-state index contributed by atoms with van der Waals surface area (Å²) in [7, 11) is 2.26. The van der Waals surface area contributed by atoms with Gasteiger partial charge < -0.3 is 15.0 Å². The number of hydrogen-bond acceptors (Lipinski definition) is 3. The molecule has 1 spiro atoms. The van der Waals surface area contributed by atoms with Crippen molar-refractivity contribution in [1.82, 2.24) is 10.2 Å². The summed E-state index contributed by atoms with van der Waals surface area (Å²) in [5.74, 6) is 0.763. The molecule has 3 nitrogen and oxygen atoms in total. The van der Waals surface area contributed by atoms with Crippen LogP contribution in [0.1, 0.15) is 52.9 Å². The maximum absolute atomic E-state index is 5.97. The predicted octanol–water partition coefficient (Wildman–Crippen LogP) is 2.65. The molecule has 3 fully saturated rings. The molecule has 0 radical (unpaired) electrons. The molecule has 116 valence electrons. The topological polar surface area (TPSA) is 24.5 Å².